The van der Waals surface area contributed by atoms with Gasteiger partial charge in [-0.1, -0.05) is 31.5 Å². The van der Waals surface area contributed by atoms with E-state index in [-0.39, 0.29) is 57.0 Å². The Morgan fingerprint density at radius 2 is 1.63 bits per heavy atom. The molecule has 1 saturated carbocycles. The number of carbonyl (C=O) groups excluding carboxylic acids is 1. The van der Waals surface area contributed by atoms with Crippen molar-refractivity contribution < 1.29 is 39.5 Å². The molecular weight excluding hydrogens is 383 g/mol. The van der Waals surface area contributed by atoms with Crippen molar-refractivity contribution in [3.8, 4) is 0 Å². The minimum absolute atomic E-state index is 0. The first kappa shape index (κ1) is 21.8. The molecule has 3 aliphatic rings. The van der Waals surface area contributed by atoms with Gasteiger partial charge in [-0.05, 0) is 73.1 Å². The second-order valence-corrected chi connectivity index (χ2v) is 11.1. The summed E-state index contributed by atoms with van der Waals surface area (Å²) in [6.45, 7) is 6.34. The van der Waals surface area contributed by atoms with Crippen molar-refractivity contribution in [2.24, 2.45) is 11.8 Å². The molecule has 1 saturated heterocycles. The summed E-state index contributed by atoms with van der Waals surface area (Å²) in [5.74, 6) is 2.46. The molecule has 1 spiro atoms. The van der Waals surface area contributed by atoms with Gasteiger partial charge in [-0.25, -0.2) is 0 Å². The van der Waals surface area contributed by atoms with Crippen molar-refractivity contribution in [3.05, 3.63) is 40.1 Å². The Balaban J connectivity index is 0.00000210. The van der Waals surface area contributed by atoms with Gasteiger partial charge in [0.05, 0.1) is 4.08 Å². The fraction of sp³-hybridized carbons (Fsp3) is 0.591. The number of aryl methyl sites for hydroxylation is 3. The first-order valence-electron chi connectivity index (χ1n) is 9.85. The molecular formula is C22H27NaO2S2. The molecule has 2 fully saturated rings. The summed E-state index contributed by atoms with van der Waals surface area (Å²) in [5, 5.41) is 13.4. The Morgan fingerprint density at radius 1 is 1.07 bits per heavy atom. The maximum Gasteiger partial charge on any atom is 1.00 e. The van der Waals surface area contributed by atoms with Gasteiger partial charge < -0.3 is 5.11 Å². The second-order valence-electron chi connectivity index (χ2n) is 7.85. The van der Waals surface area contributed by atoms with Gasteiger partial charge in [-0.3, -0.25) is 4.79 Å². The number of hydrogen-bond donors (Lipinski definition) is 0. The summed E-state index contributed by atoms with van der Waals surface area (Å²) in [7, 11) is 0. The Hall–Kier alpha value is 0.130. The molecule has 0 unspecified atom stereocenters. The SMILES string of the molecule is CCc1cc(C)cc(CC)c1C1=C([O-])[C@H]2CC3(C[C@H]2C1=O)SCCCS3.[Na+]. The van der Waals surface area contributed by atoms with Crippen molar-refractivity contribution >= 4 is 34.9 Å². The summed E-state index contributed by atoms with van der Waals surface area (Å²) in [5.41, 5.74) is 5.05. The maximum atomic E-state index is 13.4. The molecule has 0 N–H and O–H groups in total. The van der Waals surface area contributed by atoms with Crippen LogP contribution in [0.4, 0.5) is 0 Å². The first-order valence-corrected chi connectivity index (χ1v) is 11.8. The topological polar surface area (TPSA) is 40.1 Å². The van der Waals surface area contributed by atoms with E-state index < -0.39 is 0 Å². The molecule has 27 heavy (non-hydrogen) atoms. The van der Waals surface area contributed by atoms with Gasteiger partial charge in [0, 0.05) is 11.5 Å². The summed E-state index contributed by atoms with van der Waals surface area (Å²) < 4.78 is 0.124. The standard InChI is InChI=1S/C22H28O2S2.Na/c1-4-14-9-13(3)10-15(5-2)18(14)19-20(23)16-11-22(12-17(16)21(19)24)25-7-6-8-26-22;/h9-10,16-17,23H,4-8,11-12H2,1-3H3;/q;+1/p-1/t16-,17+;/m0./s1. The van der Waals surface area contributed by atoms with Crippen LogP contribution in [0.2, 0.25) is 0 Å². The smallest absolute Gasteiger partial charge is 0.875 e. The molecule has 0 aromatic heterocycles. The summed E-state index contributed by atoms with van der Waals surface area (Å²) in [6, 6.07) is 4.31. The zero-order valence-corrected chi connectivity index (χ0v) is 20.5. The average Bonchev–Trinajstić information content (AvgIpc) is 3.10. The van der Waals surface area contributed by atoms with E-state index in [9.17, 15) is 9.90 Å². The van der Waals surface area contributed by atoms with Crippen LogP contribution in [0.5, 0.6) is 0 Å². The van der Waals surface area contributed by atoms with E-state index in [1.54, 1.807) is 0 Å². The number of rotatable bonds is 3. The third-order valence-corrected chi connectivity index (χ3v) is 9.60. The predicted octanol–water partition coefficient (Wildman–Crippen LogP) is 1.37. The Bertz CT molecular complexity index is 756. The molecule has 2 atom stereocenters. The molecule has 0 amide bonds. The van der Waals surface area contributed by atoms with Gasteiger partial charge in [0.15, 0.2) is 5.78 Å². The van der Waals surface area contributed by atoms with Crippen molar-refractivity contribution in [2.45, 2.75) is 57.0 Å². The first-order chi connectivity index (χ1) is 12.5. The van der Waals surface area contributed by atoms with E-state index in [1.807, 2.05) is 23.5 Å². The van der Waals surface area contributed by atoms with Crippen LogP contribution in [-0.2, 0) is 17.6 Å². The van der Waals surface area contributed by atoms with E-state index in [4.69, 9.17) is 0 Å². The molecule has 2 nitrogen and oxygen atoms in total. The number of carbonyl (C=O) groups is 1. The van der Waals surface area contributed by atoms with Crippen LogP contribution in [0.25, 0.3) is 5.57 Å². The van der Waals surface area contributed by atoms with E-state index in [1.165, 1.54) is 23.5 Å². The summed E-state index contributed by atoms with van der Waals surface area (Å²) in [6.07, 6.45) is 4.73. The fourth-order valence-electron chi connectivity index (χ4n) is 5.00. The second kappa shape index (κ2) is 8.47. The van der Waals surface area contributed by atoms with Crippen LogP contribution in [0.15, 0.2) is 17.9 Å². The van der Waals surface area contributed by atoms with Crippen LogP contribution >= 0.6 is 23.5 Å². The zero-order valence-electron chi connectivity index (χ0n) is 16.9. The van der Waals surface area contributed by atoms with Gasteiger partial charge in [-0.15, -0.1) is 29.3 Å². The average molecular weight is 411 g/mol. The molecule has 1 heterocycles. The molecule has 1 aliphatic heterocycles. The molecule has 0 bridgehead atoms. The monoisotopic (exact) mass is 410 g/mol. The molecule has 2 aliphatic carbocycles. The predicted molar refractivity (Wildman–Crippen MR) is 110 cm³/mol. The minimum Gasteiger partial charge on any atom is -0.875 e. The third kappa shape index (κ3) is 3.70. The number of hydrogen-bond acceptors (Lipinski definition) is 4. The number of benzene rings is 1. The molecule has 1 aromatic rings. The van der Waals surface area contributed by atoms with E-state index >= 15 is 0 Å². The summed E-state index contributed by atoms with van der Waals surface area (Å²) >= 11 is 4.00. The molecule has 5 heteroatoms. The Morgan fingerprint density at radius 3 is 2.15 bits per heavy atom. The maximum absolute atomic E-state index is 13.4. The number of Topliss-reactive ketones (excluding diaryl/α,β-unsaturated/α-hetero) is 1. The Labute approximate surface area is 193 Å². The van der Waals surface area contributed by atoms with Crippen molar-refractivity contribution in [2.75, 3.05) is 11.5 Å². The molecule has 140 valence electrons. The largest absolute Gasteiger partial charge is 1.00 e. The van der Waals surface area contributed by atoms with Crippen molar-refractivity contribution in [1.82, 2.24) is 0 Å². The van der Waals surface area contributed by atoms with Gasteiger partial charge in [0.1, 0.15) is 0 Å². The van der Waals surface area contributed by atoms with Gasteiger partial charge in [-0.2, -0.15) is 0 Å². The van der Waals surface area contributed by atoms with Crippen LogP contribution in [0.3, 0.4) is 0 Å². The molecule has 1 aromatic carbocycles. The number of fused-ring (bicyclic) bond motifs is 1. The number of allylic oxidation sites excluding steroid dienone is 2. The zero-order chi connectivity index (χ0) is 18.5. The number of thioether (sulfide) groups is 2. The number of ketones is 1. The van der Waals surface area contributed by atoms with Gasteiger partial charge >= 0.3 is 29.6 Å². The van der Waals surface area contributed by atoms with E-state index in [2.05, 4.69) is 32.9 Å². The third-order valence-electron chi connectivity index (χ3n) is 6.19. The molecule has 0 radical (unpaired) electrons. The minimum atomic E-state index is -0.0775. The van der Waals surface area contributed by atoms with Gasteiger partial charge in [0.2, 0.25) is 0 Å². The van der Waals surface area contributed by atoms with Crippen molar-refractivity contribution in [3.63, 3.8) is 0 Å². The summed E-state index contributed by atoms with van der Waals surface area (Å²) in [4.78, 5) is 13.4. The fourth-order valence-corrected chi connectivity index (χ4v) is 8.53. The van der Waals surface area contributed by atoms with Gasteiger partial charge in [0.25, 0.3) is 0 Å². The van der Waals surface area contributed by atoms with E-state index in [0.717, 1.165) is 42.4 Å². The van der Waals surface area contributed by atoms with Crippen LogP contribution in [0, 0.1) is 18.8 Å². The molecule has 4 rings (SSSR count). The Kier molecular flexibility index (Phi) is 6.85. The van der Waals surface area contributed by atoms with Crippen LogP contribution in [0.1, 0.15) is 55.4 Å². The van der Waals surface area contributed by atoms with Crippen molar-refractivity contribution in [1.29, 1.82) is 0 Å². The quantitative estimate of drug-likeness (QED) is 0.706. The normalized spacial score (nSPS) is 26.4. The van der Waals surface area contributed by atoms with Crippen LogP contribution in [-0.4, -0.2) is 21.4 Å². The van der Waals surface area contributed by atoms with E-state index in [0.29, 0.717) is 5.57 Å². The van der Waals surface area contributed by atoms with Crippen LogP contribution < -0.4 is 34.7 Å².